The SMILES string of the molecule is CCCN(C(=O)O)c1cccc(Cc2nn(-c3cc(F)c(F)c(F)c3)ccc2=O)c1C. The molecular weight excluding hydrogens is 411 g/mol. The van der Waals surface area contributed by atoms with Crippen LogP contribution in [0.25, 0.3) is 5.69 Å². The fraction of sp³-hybridized carbons (Fsp3) is 0.227. The van der Waals surface area contributed by atoms with Crippen LogP contribution < -0.4 is 10.3 Å². The van der Waals surface area contributed by atoms with Gasteiger partial charge >= 0.3 is 6.09 Å². The monoisotopic (exact) mass is 431 g/mol. The molecule has 1 heterocycles. The van der Waals surface area contributed by atoms with Gasteiger partial charge < -0.3 is 5.11 Å². The highest BCUT2D eigenvalue weighted by molar-refractivity contribution is 5.87. The van der Waals surface area contributed by atoms with Crippen LogP contribution in [0.15, 0.2) is 47.4 Å². The highest BCUT2D eigenvalue weighted by atomic mass is 19.2. The topological polar surface area (TPSA) is 75.4 Å². The third-order valence-electron chi connectivity index (χ3n) is 4.86. The minimum atomic E-state index is -1.59. The molecule has 0 radical (unpaired) electrons. The van der Waals surface area contributed by atoms with Crippen molar-refractivity contribution >= 4 is 11.8 Å². The Bertz CT molecular complexity index is 1170. The molecule has 31 heavy (non-hydrogen) atoms. The molecule has 1 N–H and O–H groups in total. The van der Waals surface area contributed by atoms with Gasteiger partial charge in [0.05, 0.1) is 11.4 Å². The second kappa shape index (κ2) is 9.03. The van der Waals surface area contributed by atoms with Crippen LogP contribution in [0, 0.1) is 24.4 Å². The minimum absolute atomic E-state index is 0.0745. The first kappa shape index (κ1) is 22.1. The quantitative estimate of drug-likeness (QED) is 0.586. The van der Waals surface area contributed by atoms with Gasteiger partial charge in [-0.3, -0.25) is 9.69 Å². The third-order valence-corrected chi connectivity index (χ3v) is 4.86. The lowest BCUT2D eigenvalue weighted by atomic mass is 10.0. The first-order valence-electron chi connectivity index (χ1n) is 9.55. The number of nitrogens with zero attached hydrogens (tertiary/aromatic N) is 3. The van der Waals surface area contributed by atoms with Gasteiger partial charge in [-0.15, -0.1) is 0 Å². The molecule has 6 nitrogen and oxygen atoms in total. The smallest absolute Gasteiger partial charge is 0.411 e. The Morgan fingerprint density at radius 2 is 1.84 bits per heavy atom. The number of amides is 1. The molecule has 3 rings (SSSR count). The van der Waals surface area contributed by atoms with Crippen LogP contribution in [0.4, 0.5) is 23.7 Å². The molecule has 1 amide bonds. The summed E-state index contributed by atoms with van der Waals surface area (Å²) in [6, 6.07) is 7.88. The molecule has 0 spiro atoms. The number of carbonyl (C=O) groups is 1. The van der Waals surface area contributed by atoms with Gasteiger partial charge in [0.2, 0.25) is 5.43 Å². The highest BCUT2D eigenvalue weighted by Gasteiger charge is 2.18. The van der Waals surface area contributed by atoms with Crippen molar-refractivity contribution in [2.45, 2.75) is 26.7 Å². The van der Waals surface area contributed by atoms with Crippen molar-refractivity contribution in [3.63, 3.8) is 0 Å². The normalized spacial score (nSPS) is 10.9. The van der Waals surface area contributed by atoms with E-state index in [4.69, 9.17) is 0 Å². The summed E-state index contributed by atoms with van der Waals surface area (Å²) in [6.45, 7) is 3.94. The molecule has 0 aliphatic rings. The molecule has 0 bridgehead atoms. The molecule has 0 aliphatic heterocycles. The molecule has 0 aliphatic carbocycles. The Morgan fingerprint density at radius 1 is 1.16 bits per heavy atom. The molecule has 2 aromatic carbocycles. The van der Waals surface area contributed by atoms with Gasteiger partial charge in [-0.05, 0) is 30.5 Å². The molecule has 9 heteroatoms. The van der Waals surface area contributed by atoms with E-state index < -0.39 is 29.0 Å². The minimum Gasteiger partial charge on any atom is -0.465 e. The van der Waals surface area contributed by atoms with Crippen molar-refractivity contribution in [3.05, 3.63) is 87.1 Å². The average Bonchev–Trinajstić information content (AvgIpc) is 2.73. The maximum Gasteiger partial charge on any atom is 0.411 e. The van der Waals surface area contributed by atoms with Crippen LogP contribution in [0.2, 0.25) is 0 Å². The Hall–Kier alpha value is -3.62. The van der Waals surface area contributed by atoms with E-state index in [-0.39, 0.29) is 17.8 Å². The number of rotatable bonds is 6. The van der Waals surface area contributed by atoms with E-state index in [0.717, 1.165) is 16.8 Å². The van der Waals surface area contributed by atoms with E-state index in [0.29, 0.717) is 29.8 Å². The number of carboxylic acid groups (broad SMARTS) is 1. The van der Waals surface area contributed by atoms with Gasteiger partial charge in [0, 0.05) is 37.4 Å². The van der Waals surface area contributed by atoms with Crippen LogP contribution in [-0.2, 0) is 6.42 Å². The van der Waals surface area contributed by atoms with E-state index in [1.807, 2.05) is 6.92 Å². The standard InChI is InChI=1S/C22H20F3N3O3/c1-3-8-27(22(30)31)19-6-4-5-14(13(19)2)10-18-20(29)7-9-28(26-18)15-11-16(23)21(25)17(24)12-15/h4-7,9,11-12H,3,8,10H2,1-2H3,(H,30,31). The van der Waals surface area contributed by atoms with Crippen LogP contribution in [0.3, 0.4) is 0 Å². The van der Waals surface area contributed by atoms with Gasteiger partial charge in [-0.1, -0.05) is 19.1 Å². The van der Waals surface area contributed by atoms with Crippen LogP contribution in [0.1, 0.15) is 30.2 Å². The molecule has 0 saturated carbocycles. The largest absolute Gasteiger partial charge is 0.465 e. The predicted molar refractivity (Wildman–Crippen MR) is 109 cm³/mol. The van der Waals surface area contributed by atoms with Gasteiger partial charge in [0.1, 0.15) is 5.69 Å². The number of aromatic nitrogens is 2. The summed E-state index contributed by atoms with van der Waals surface area (Å²) in [5, 5.41) is 13.7. The molecular formula is C22H20F3N3O3. The third kappa shape index (κ3) is 4.60. The maximum absolute atomic E-state index is 13.6. The number of benzene rings is 2. The van der Waals surface area contributed by atoms with E-state index in [1.54, 1.807) is 25.1 Å². The van der Waals surface area contributed by atoms with Gasteiger partial charge in [-0.25, -0.2) is 22.6 Å². The van der Waals surface area contributed by atoms with Crippen molar-refractivity contribution in [3.8, 4) is 5.69 Å². The zero-order chi connectivity index (χ0) is 22.7. The predicted octanol–water partition coefficient (Wildman–Crippen LogP) is 4.44. The molecule has 0 saturated heterocycles. The lowest BCUT2D eigenvalue weighted by molar-refractivity contribution is 0.201. The van der Waals surface area contributed by atoms with Gasteiger partial charge in [0.15, 0.2) is 17.5 Å². The van der Waals surface area contributed by atoms with E-state index in [2.05, 4.69) is 5.10 Å². The van der Waals surface area contributed by atoms with Crippen molar-refractivity contribution in [2.75, 3.05) is 11.4 Å². The highest BCUT2D eigenvalue weighted by Crippen LogP contribution is 2.25. The Kier molecular flexibility index (Phi) is 6.43. The number of anilines is 1. The lowest BCUT2D eigenvalue weighted by Gasteiger charge is -2.22. The summed E-state index contributed by atoms with van der Waals surface area (Å²) in [4.78, 5) is 25.2. The van der Waals surface area contributed by atoms with Gasteiger partial charge in [0.25, 0.3) is 0 Å². The second-order valence-corrected chi connectivity index (χ2v) is 6.97. The molecule has 0 fully saturated rings. The fourth-order valence-electron chi connectivity index (χ4n) is 3.26. The number of hydrogen-bond donors (Lipinski definition) is 1. The van der Waals surface area contributed by atoms with Crippen LogP contribution in [0.5, 0.6) is 0 Å². The summed E-state index contributed by atoms with van der Waals surface area (Å²) in [7, 11) is 0. The molecule has 1 aromatic heterocycles. The Balaban J connectivity index is 2.01. The fourth-order valence-corrected chi connectivity index (χ4v) is 3.26. The maximum atomic E-state index is 13.6. The summed E-state index contributed by atoms with van der Waals surface area (Å²) >= 11 is 0. The zero-order valence-electron chi connectivity index (χ0n) is 16.9. The second-order valence-electron chi connectivity index (χ2n) is 6.97. The van der Waals surface area contributed by atoms with Crippen LogP contribution in [-0.4, -0.2) is 27.5 Å². The first-order valence-corrected chi connectivity index (χ1v) is 9.55. The first-order chi connectivity index (χ1) is 14.7. The lowest BCUT2D eigenvalue weighted by Crippen LogP contribution is -2.30. The summed E-state index contributed by atoms with van der Waals surface area (Å²) in [6.07, 6.45) is 0.855. The number of halogens is 3. The molecule has 162 valence electrons. The van der Waals surface area contributed by atoms with Crippen LogP contribution >= 0.6 is 0 Å². The van der Waals surface area contributed by atoms with Crippen molar-refractivity contribution in [2.24, 2.45) is 0 Å². The molecule has 0 unspecified atom stereocenters. The zero-order valence-corrected chi connectivity index (χ0v) is 16.9. The molecule has 3 aromatic rings. The Labute approximate surface area is 176 Å². The van der Waals surface area contributed by atoms with Crippen molar-refractivity contribution in [1.29, 1.82) is 0 Å². The summed E-state index contributed by atoms with van der Waals surface area (Å²) < 4.78 is 41.5. The van der Waals surface area contributed by atoms with E-state index >= 15 is 0 Å². The summed E-state index contributed by atoms with van der Waals surface area (Å²) in [5.41, 5.74) is 1.47. The van der Waals surface area contributed by atoms with Crippen molar-refractivity contribution < 1.29 is 23.1 Å². The average molecular weight is 431 g/mol. The molecule has 0 atom stereocenters. The van der Waals surface area contributed by atoms with Gasteiger partial charge in [-0.2, -0.15) is 5.10 Å². The van der Waals surface area contributed by atoms with Crippen molar-refractivity contribution in [1.82, 2.24) is 9.78 Å². The van der Waals surface area contributed by atoms with E-state index in [9.17, 15) is 27.9 Å². The number of hydrogen-bond acceptors (Lipinski definition) is 3. The van der Waals surface area contributed by atoms with E-state index in [1.165, 1.54) is 17.2 Å². The summed E-state index contributed by atoms with van der Waals surface area (Å²) in [5.74, 6) is -4.33. The Morgan fingerprint density at radius 3 is 2.45 bits per heavy atom.